The highest BCUT2D eigenvalue weighted by atomic mass is 35.5. The Kier molecular flexibility index (Phi) is 6.13. The molecule has 0 saturated heterocycles. The maximum absolute atomic E-state index is 11.6. The number of hydrogen-bond donors (Lipinski definition) is 1. The van der Waals surface area contributed by atoms with Crippen LogP contribution >= 0.6 is 22.9 Å². The Hall–Kier alpha value is -1.47. The van der Waals surface area contributed by atoms with Crippen LogP contribution in [0.3, 0.4) is 0 Å². The average molecular weight is 327 g/mol. The molecule has 0 aliphatic carbocycles. The molecular weight excluding hydrogens is 312 g/mol. The van der Waals surface area contributed by atoms with E-state index >= 15 is 0 Å². The van der Waals surface area contributed by atoms with Crippen molar-refractivity contribution in [1.82, 2.24) is 4.98 Å². The van der Waals surface area contributed by atoms with Crippen molar-refractivity contribution in [1.29, 1.82) is 0 Å². The van der Waals surface area contributed by atoms with Gasteiger partial charge in [-0.1, -0.05) is 23.7 Å². The van der Waals surface area contributed by atoms with Crippen molar-refractivity contribution in [3.8, 4) is 11.3 Å². The molecule has 21 heavy (non-hydrogen) atoms. The Labute approximate surface area is 131 Å². The number of methoxy groups -OCH3 is 1. The van der Waals surface area contributed by atoms with Gasteiger partial charge < -0.3 is 9.47 Å². The van der Waals surface area contributed by atoms with E-state index in [4.69, 9.17) is 21.1 Å². The van der Waals surface area contributed by atoms with Crippen molar-refractivity contribution < 1.29 is 14.3 Å². The van der Waals surface area contributed by atoms with Gasteiger partial charge in [0, 0.05) is 23.1 Å². The first kappa shape index (κ1) is 15.9. The van der Waals surface area contributed by atoms with E-state index in [1.54, 1.807) is 19.2 Å². The molecule has 0 bridgehead atoms. The number of amides is 1. The molecule has 1 aromatic heterocycles. The van der Waals surface area contributed by atoms with Gasteiger partial charge in [-0.25, -0.2) is 4.98 Å². The largest absolute Gasteiger partial charge is 0.382 e. The Morgan fingerprint density at radius 1 is 1.33 bits per heavy atom. The lowest BCUT2D eigenvalue weighted by Crippen LogP contribution is -2.19. The lowest BCUT2D eigenvalue weighted by atomic mass is 10.2. The molecule has 7 heteroatoms. The van der Waals surface area contributed by atoms with Gasteiger partial charge in [0.2, 0.25) is 0 Å². The van der Waals surface area contributed by atoms with Gasteiger partial charge in [0.1, 0.15) is 6.61 Å². The van der Waals surface area contributed by atoms with Gasteiger partial charge in [-0.3, -0.25) is 10.1 Å². The summed E-state index contributed by atoms with van der Waals surface area (Å²) in [6.45, 7) is 0.836. The van der Waals surface area contributed by atoms with E-state index in [0.717, 1.165) is 11.3 Å². The third-order valence-electron chi connectivity index (χ3n) is 2.56. The molecule has 5 nitrogen and oxygen atoms in total. The van der Waals surface area contributed by atoms with Crippen LogP contribution in [0.15, 0.2) is 29.6 Å². The summed E-state index contributed by atoms with van der Waals surface area (Å²) in [5.41, 5.74) is 1.75. The Bertz CT molecular complexity index is 586. The van der Waals surface area contributed by atoms with Gasteiger partial charge in [0.15, 0.2) is 5.13 Å². The predicted molar refractivity (Wildman–Crippen MR) is 83.9 cm³/mol. The molecule has 2 rings (SSSR count). The minimum absolute atomic E-state index is 0.0147. The molecule has 1 N–H and O–H groups in total. The molecule has 0 saturated carbocycles. The zero-order valence-electron chi connectivity index (χ0n) is 11.5. The predicted octanol–water partition coefficient (Wildman–Crippen LogP) is 3.07. The second-order valence-electron chi connectivity index (χ2n) is 4.14. The number of nitrogens with one attached hydrogen (secondary N) is 1. The third kappa shape index (κ3) is 5.09. The fourth-order valence-electron chi connectivity index (χ4n) is 1.55. The normalized spacial score (nSPS) is 10.6. The maximum atomic E-state index is 11.6. The summed E-state index contributed by atoms with van der Waals surface area (Å²) in [5.74, 6) is -0.233. The van der Waals surface area contributed by atoms with Gasteiger partial charge >= 0.3 is 0 Å². The highest BCUT2D eigenvalue weighted by Crippen LogP contribution is 2.25. The summed E-state index contributed by atoms with van der Waals surface area (Å²) >= 11 is 7.21. The Balaban J connectivity index is 1.88. The van der Waals surface area contributed by atoms with E-state index in [0.29, 0.717) is 23.4 Å². The first-order valence-corrected chi connectivity index (χ1v) is 7.53. The van der Waals surface area contributed by atoms with Gasteiger partial charge in [-0.2, -0.15) is 0 Å². The number of anilines is 1. The molecule has 0 unspecified atom stereocenters. The van der Waals surface area contributed by atoms with E-state index < -0.39 is 0 Å². The number of halogens is 1. The summed E-state index contributed by atoms with van der Waals surface area (Å²) in [4.78, 5) is 16.0. The quantitative estimate of drug-likeness (QED) is 0.794. The van der Waals surface area contributed by atoms with Crippen LogP contribution in [0.25, 0.3) is 11.3 Å². The van der Waals surface area contributed by atoms with Crippen LogP contribution in [0.5, 0.6) is 0 Å². The fourth-order valence-corrected chi connectivity index (χ4v) is 2.41. The van der Waals surface area contributed by atoms with Gasteiger partial charge in [0.05, 0.1) is 18.9 Å². The first-order valence-electron chi connectivity index (χ1n) is 6.27. The maximum Gasteiger partial charge on any atom is 0.252 e. The van der Waals surface area contributed by atoms with Crippen LogP contribution in [-0.4, -0.2) is 37.8 Å². The van der Waals surface area contributed by atoms with Crippen molar-refractivity contribution in [2.24, 2.45) is 0 Å². The number of benzene rings is 1. The van der Waals surface area contributed by atoms with Crippen molar-refractivity contribution in [3.63, 3.8) is 0 Å². The highest BCUT2D eigenvalue weighted by molar-refractivity contribution is 7.14. The zero-order chi connectivity index (χ0) is 15.1. The topological polar surface area (TPSA) is 60.5 Å². The monoisotopic (exact) mass is 326 g/mol. The van der Waals surface area contributed by atoms with E-state index in [-0.39, 0.29) is 12.5 Å². The number of aromatic nitrogens is 1. The molecule has 1 amide bonds. The van der Waals surface area contributed by atoms with Crippen LogP contribution in [0, 0.1) is 0 Å². The number of thiazole rings is 1. The summed E-state index contributed by atoms with van der Waals surface area (Å²) in [6.07, 6.45) is 0. The van der Waals surface area contributed by atoms with Crippen molar-refractivity contribution in [3.05, 3.63) is 34.7 Å². The SMILES string of the molecule is COCCOCC(=O)Nc1nc(-c2ccc(Cl)cc2)cs1. The number of carbonyl (C=O) groups excluding carboxylic acids is 1. The Morgan fingerprint density at radius 2 is 2.10 bits per heavy atom. The summed E-state index contributed by atoms with van der Waals surface area (Å²) in [7, 11) is 1.58. The molecule has 0 fully saturated rings. The van der Waals surface area contributed by atoms with Crippen LogP contribution < -0.4 is 5.32 Å². The standard InChI is InChI=1S/C14H15ClN2O3S/c1-19-6-7-20-8-13(18)17-14-16-12(9-21-14)10-2-4-11(15)5-3-10/h2-5,9H,6-8H2,1H3,(H,16,17,18). The van der Waals surface area contributed by atoms with E-state index in [2.05, 4.69) is 10.3 Å². The van der Waals surface area contributed by atoms with Gasteiger partial charge in [0.25, 0.3) is 5.91 Å². The molecule has 0 aliphatic heterocycles. The van der Waals surface area contributed by atoms with Crippen molar-refractivity contribution in [2.75, 3.05) is 32.2 Å². The lowest BCUT2D eigenvalue weighted by molar-refractivity contribution is -0.121. The van der Waals surface area contributed by atoms with Crippen LogP contribution in [0.4, 0.5) is 5.13 Å². The minimum Gasteiger partial charge on any atom is -0.382 e. The van der Waals surface area contributed by atoms with Crippen LogP contribution in [0.1, 0.15) is 0 Å². The van der Waals surface area contributed by atoms with Crippen LogP contribution in [0.2, 0.25) is 5.02 Å². The van der Waals surface area contributed by atoms with E-state index in [1.807, 2.05) is 17.5 Å². The molecule has 0 aliphatic rings. The van der Waals surface area contributed by atoms with Gasteiger partial charge in [-0.15, -0.1) is 11.3 Å². The molecule has 1 aromatic carbocycles. The Morgan fingerprint density at radius 3 is 2.81 bits per heavy atom. The summed E-state index contributed by atoms with van der Waals surface area (Å²) in [6, 6.07) is 7.38. The first-order chi connectivity index (χ1) is 10.2. The highest BCUT2D eigenvalue weighted by Gasteiger charge is 2.08. The summed E-state index contributed by atoms with van der Waals surface area (Å²) in [5, 5.41) is 5.80. The number of nitrogens with zero attached hydrogens (tertiary/aromatic N) is 1. The van der Waals surface area contributed by atoms with E-state index in [1.165, 1.54) is 11.3 Å². The average Bonchev–Trinajstić information content (AvgIpc) is 2.93. The molecule has 0 atom stereocenters. The number of hydrogen-bond acceptors (Lipinski definition) is 5. The number of rotatable bonds is 7. The second kappa shape index (κ2) is 8.09. The smallest absolute Gasteiger partial charge is 0.252 e. The third-order valence-corrected chi connectivity index (χ3v) is 3.57. The van der Waals surface area contributed by atoms with Gasteiger partial charge in [-0.05, 0) is 12.1 Å². The molecule has 0 radical (unpaired) electrons. The number of ether oxygens (including phenoxy) is 2. The molecular formula is C14H15ClN2O3S. The second-order valence-corrected chi connectivity index (χ2v) is 5.43. The summed E-state index contributed by atoms with van der Waals surface area (Å²) < 4.78 is 9.96. The number of carbonyl (C=O) groups is 1. The van der Waals surface area contributed by atoms with Crippen molar-refractivity contribution in [2.45, 2.75) is 0 Å². The molecule has 112 valence electrons. The zero-order valence-corrected chi connectivity index (χ0v) is 13.0. The molecule has 0 spiro atoms. The molecule has 1 heterocycles. The molecule has 2 aromatic rings. The van der Waals surface area contributed by atoms with Crippen molar-refractivity contribution >= 4 is 34.0 Å². The fraction of sp³-hybridized carbons (Fsp3) is 0.286. The van der Waals surface area contributed by atoms with Crippen LogP contribution in [-0.2, 0) is 14.3 Å². The van der Waals surface area contributed by atoms with E-state index in [9.17, 15) is 4.79 Å². The lowest BCUT2D eigenvalue weighted by Gasteiger charge is -2.03. The minimum atomic E-state index is -0.233.